The van der Waals surface area contributed by atoms with Crippen LogP contribution in [-0.2, 0) is 0 Å². The Morgan fingerprint density at radius 3 is 2.91 bits per heavy atom. The van der Waals surface area contributed by atoms with Crippen LogP contribution in [0.5, 0.6) is 0 Å². The Morgan fingerprint density at radius 1 is 1.64 bits per heavy atom. The lowest BCUT2D eigenvalue weighted by Crippen LogP contribution is -2.00. The van der Waals surface area contributed by atoms with Crippen LogP contribution in [0.3, 0.4) is 0 Å². The predicted octanol–water partition coefficient (Wildman–Crippen LogP) is 3.91. The summed E-state index contributed by atoms with van der Waals surface area (Å²) in [5.41, 5.74) is 1.70. The SMILES string of the molecule is CCC(CBr)CC1=CCCC1. The van der Waals surface area contributed by atoms with Crippen LogP contribution in [0.15, 0.2) is 11.6 Å². The van der Waals surface area contributed by atoms with Crippen LogP contribution < -0.4 is 0 Å². The van der Waals surface area contributed by atoms with Gasteiger partial charge in [0.25, 0.3) is 0 Å². The molecule has 0 amide bonds. The van der Waals surface area contributed by atoms with E-state index in [1.807, 2.05) is 0 Å². The van der Waals surface area contributed by atoms with E-state index >= 15 is 0 Å². The number of hydrogen-bond donors (Lipinski definition) is 0. The molecule has 0 aromatic heterocycles. The van der Waals surface area contributed by atoms with Crippen molar-refractivity contribution in [2.24, 2.45) is 5.92 Å². The van der Waals surface area contributed by atoms with Crippen molar-refractivity contribution in [3.8, 4) is 0 Å². The maximum atomic E-state index is 3.56. The average molecular weight is 217 g/mol. The smallest absolute Gasteiger partial charge is 0.00626 e. The van der Waals surface area contributed by atoms with Gasteiger partial charge < -0.3 is 0 Å². The molecule has 0 radical (unpaired) electrons. The van der Waals surface area contributed by atoms with E-state index in [0.717, 1.165) is 5.92 Å². The molecule has 0 saturated heterocycles. The van der Waals surface area contributed by atoms with Gasteiger partial charge in [0.1, 0.15) is 0 Å². The molecule has 1 rings (SSSR count). The molecular weight excluding hydrogens is 200 g/mol. The first-order chi connectivity index (χ1) is 5.36. The van der Waals surface area contributed by atoms with Gasteiger partial charge in [0.15, 0.2) is 0 Å². The van der Waals surface area contributed by atoms with Crippen LogP contribution in [-0.4, -0.2) is 5.33 Å². The van der Waals surface area contributed by atoms with Gasteiger partial charge in [-0.25, -0.2) is 0 Å². The molecule has 0 aromatic rings. The van der Waals surface area contributed by atoms with Crippen LogP contribution >= 0.6 is 15.9 Å². The fourth-order valence-corrected chi connectivity index (χ4v) is 2.29. The van der Waals surface area contributed by atoms with Crippen LogP contribution in [0.4, 0.5) is 0 Å². The van der Waals surface area contributed by atoms with Crippen molar-refractivity contribution in [1.29, 1.82) is 0 Å². The van der Waals surface area contributed by atoms with E-state index in [9.17, 15) is 0 Å². The molecule has 1 heteroatoms. The van der Waals surface area contributed by atoms with E-state index < -0.39 is 0 Å². The monoisotopic (exact) mass is 216 g/mol. The summed E-state index contributed by atoms with van der Waals surface area (Å²) in [6.07, 6.45) is 9.17. The third-order valence-corrected chi connectivity index (χ3v) is 3.40. The minimum atomic E-state index is 0.874. The molecule has 64 valence electrons. The third-order valence-electron chi connectivity index (χ3n) is 2.48. The van der Waals surface area contributed by atoms with Crippen molar-refractivity contribution in [3.05, 3.63) is 11.6 Å². The van der Waals surface area contributed by atoms with Crippen LogP contribution in [0.25, 0.3) is 0 Å². The largest absolute Gasteiger partial charge is 0.0925 e. The normalized spacial score (nSPS) is 20.0. The van der Waals surface area contributed by atoms with E-state index in [0.29, 0.717) is 0 Å². The second-order valence-corrected chi connectivity index (χ2v) is 4.03. The average Bonchev–Trinajstić information content (AvgIpc) is 2.52. The van der Waals surface area contributed by atoms with Crippen molar-refractivity contribution in [2.45, 2.75) is 39.0 Å². The van der Waals surface area contributed by atoms with Gasteiger partial charge in [0.2, 0.25) is 0 Å². The fourth-order valence-electron chi connectivity index (χ4n) is 1.60. The van der Waals surface area contributed by atoms with Crippen molar-refractivity contribution >= 4 is 15.9 Å². The Bertz CT molecular complexity index is 134. The van der Waals surface area contributed by atoms with Crippen molar-refractivity contribution in [1.82, 2.24) is 0 Å². The van der Waals surface area contributed by atoms with Crippen molar-refractivity contribution in [2.75, 3.05) is 5.33 Å². The molecular formula is C10H17Br. The zero-order valence-electron chi connectivity index (χ0n) is 7.28. The lowest BCUT2D eigenvalue weighted by Gasteiger charge is -2.11. The molecule has 0 saturated carbocycles. The Morgan fingerprint density at radius 2 is 2.45 bits per heavy atom. The number of hydrogen-bond acceptors (Lipinski definition) is 0. The third kappa shape index (κ3) is 2.98. The summed E-state index contributed by atoms with van der Waals surface area (Å²) in [6, 6.07) is 0. The van der Waals surface area contributed by atoms with Gasteiger partial charge in [-0.1, -0.05) is 40.9 Å². The molecule has 0 aromatic carbocycles. The van der Waals surface area contributed by atoms with Gasteiger partial charge in [0.05, 0.1) is 0 Å². The molecule has 0 fully saturated rings. The molecule has 0 N–H and O–H groups in total. The number of allylic oxidation sites excluding steroid dienone is 2. The van der Waals surface area contributed by atoms with E-state index in [1.165, 1.54) is 37.4 Å². The zero-order valence-corrected chi connectivity index (χ0v) is 8.86. The Kier molecular flexibility index (Phi) is 4.21. The molecule has 1 unspecified atom stereocenters. The van der Waals surface area contributed by atoms with E-state index in [4.69, 9.17) is 0 Å². The summed E-state index contributed by atoms with van der Waals surface area (Å²) >= 11 is 3.56. The van der Waals surface area contributed by atoms with Gasteiger partial charge in [-0.3, -0.25) is 0 Å². The van der Waals surface area contributed by atoms with Crippen LogP contribution in [0, 0.1) is 5.92 Å². The topological polar surface area (TPSA) is 0 Å². The fraction of sp³-hybridized carbons (Fsp3) is 0.800. The second kappa shape index (κ2) is 4.97. The summed E-state index contributed by atoms with van der Waals surface area (Å²) in [4.78, 5) is 0. The van der Waals surface area contributed by atoms with Gasteiger partial charge >= 0.3 is 0 Å². The molecule has 1 atom stereocenters. The highest BCUT2D eigenvalue weighted by molar-refractivity contribution is 9.09. The first-order valence-corrected chi connectivity index (χ1v) is 5.72. The summed E-state index contributed by atoms with van der Waals surface area (Å²) in [7, 11) is 0. The number of alkyl halides is 1. The maximum absolute atomic E-state index is 3.56. The van der Waals surface area contributed by atoms with Gasteiger partial charge in [-0.15, -0.1) is 0 Å². The van der Waals surface area contributed by atoms with Gasteiger partial charge in [-0.2, -0.15) is 0 Å². The predicted molar refractivity (Wildman–Crippen MR) is 54.1 cm³/mol. The molecule has 1 aliphatic carbocycles. The van der Waals surface area contributed by atoms with Crippen molar-refractivity contribution < 1.29 is 0 Å². The van der Waals surface area contributed by atoms with Crippen LogP contribution in [0.2, 0.25) is 0 Å². The quantitative estimate of drug-likeness (QED) is 0.494. The molecule has 0 nitrogen and oxygen atoms in total. The van der Waals surface area contributed by atoms with E-state index in [-0.39, 0.29) is 0 Å². The highest BCUT2D eigenvalue weighted by Crippen LogP contribution is 2.26. The van der Waals surface area contributed by atoms with E-state index in [1.54, 1.807) is 5.57 Å². The van der Waals surface area contributed by atoms with Crippen LogP contribution in [0.1, 0.15) is 39.0 Å². The highest BCUT2D eigenvalue weighted by Gasteiger charge is 2.10. The van der Waals surface area contributed by atoms with Crippen molar-refractivity contribution in [3.63, 3.8) is 0 Å². The zero-order chi connectivity index (χ0) is 8.10. The first-order valence-electron chi connectivity index (χ1n) is 4.60. The van der Waals surface area contributed by atoms with Gasteiger partial charge in [-0.05, 0) is 31.6 Å². The lowest BCUT2D eigenvalue weighted by molar-refractivity contribution is 0.563. The lowest BCUT2D eigenvalue weighted by atomic mass is 9.99. The first kappa shape index (κ1) is 9.31. The number of halogens is 1. The highest BCUT2D eigenvalue weighted by atomic mass is 79.9. The summed E-state index contributed by atoms with van der Waals surface area (Å²) < 4.78 is 0. The van der Waals surface area contributed by atoms with Gasteiger partial charge in [0, 0.05) is 5.33 Å². The van der Waals surface area contributed by atoms with E-state index in [2.05, 4.69) is 28.9 Å². The summed E-state index contributed by atoms with van der Waals surface area (Å²) in [6.45, 7) is 2.28. The Balaban J connectivity index is 2.27. The minimum absolute atomic E-state index is 0.874. The Labute approximate surface area is 78.2 Å². The Hall–Kier alpha value is 0.220. The molecule has 11 heavy (non-hydrogen) atoms. The molecule has 0 spiro atoms. The maximum Gasteiger partial charge on any atom is 0.00626 e. The second-order valence-electron chi connectivity index (χ2n) is 3.39. The summed E-state index contributed by atoms with van der Waals surface area (Å²) in [5, 5.41) is 1.17. The minimum Gasteiger partial charge on any atom is -0.0925 e. The summed E-state index contributed by atoms with van der Waals surface area (Å²) in [5.74, 6) is 0.874. The molecule has 0 bridgehead atoms. The number of rotatable bonds is 4. The standard InChI is InChI=1S/C10H17Br/c1-2-9(8-11)7-10-5-3-4-6-10/h5,9H,2-4,6-8H2,1H3. The molecule has 1 aliphatic rings. The molecule has 0 heterocycles. The molecule has 0 aliphatic heterocycles.